The van der Waals surface area contributed by atoms with Crippen LogP contribution >= 0.6 is 27.3 Å². The van der Waals surface area contributed by atoms with Crippen LogP contribution in [0.15, 0.2) is 15.9 Å². The van der Waals surface area contributed by atoms with E-state index in [9.17, 15) is 0 Å². The minimum Gasteiger partial charge on any atom is -0.309 e. The third-order valence-electron chi connectivity index (χ3n) is 2.40. The first-order valence-electron chi connectivity index (χ1n) is 5.09. The number of halogens is 1. The normalized spacial score (nSPS) is 13.5. The van der Waals surface area contributed by atoms with E-state index in [0.29, 0.717) is 12.0 Å². The molecule has 1 heterocycles. The molecule has 0 aromatic carbocycles. The highest BCUT2D eigenvalue weighted by Gasteiger charge is 2.10. The summed E-state index contributed by atoms with van der Waals surface area (Å²) in [6.45, 7) is 7.77. The zero-order valence-electron chi connectivity index (χ0n) is 9.01. The maximum absolute atomic E-state index is 3.59. The summed E-state index contributed by atoms with van der Waals surface area (Å²) in [5, 5.41) is 5.72. The van der Waals surface area contributed by atoms with E-state index < -0.39 is 0 Å². The van der Waals surface area contributed by atoms with Crippen molar-refractivity contribution >= 4 is 27.3 Å². The van der Waals surface area contributed by atoms with E-state index in [1.807, 2.05) is 0 Å². The van der Waals surface area contributed by atoms with E-state index in [2.05, 4.69) is 53.5 Å². The van der Waals surface area contributed by atoms with Crippen molar-refractivity contribution in [3.63, 3.8) is 0 Å². The number of hydrogen-bond acceptors (Lipinski definition) is 2. The highest BCUT2D eigenvalue weighted by molar-refractivity contribution is 9.10. The lowest BCUT2D eigenvalue weighted by Gasteiger charge is -2.20. The molecule has 0 aliphatic rings. The van der Waals surface area contributed by atoms with Gasteiger partial charge in [-0.15, -0.1) is 11.3 Å². The van der Waals surface area contributed by atoms with Gasteiger partial charge in [-0.1, -0.05) is 20.8 Å². The quantitative estimate of drug-likeness (QED) is 0.856. The zero-order valence-corrected chi connectivity index (χ0v) is 11.4. The van der Waals surface area contributed by atoms with Crippen LogP contribution in [-0.2, 0) is 6.54 Å². The molecule has 14 heavy (non-hydrogen) atoms. The molecule has 1 aromatic rings. The maximum Gasteiger partial charge on any atom is 0.0302 e. The van der Waals surface area contributed by atoms with Crippen LogP contribution in [0.1, 0.15) is 32.1 Å². The average Bonchev–Trinajstić information content (AvgIpc) is 2.52. The van der Waals surface area contributed by atoms with Gasteiger partial charge in [0.2, 0.25) is 0 Å². The minimum atomic E-state index is 0.635. The molecule has 1 N–H and O–H groups in total. The van der Waals surface area contributed by atoms with Gasteiger partial charge in [-0.2, -0.15) is 0 Å². The summed E-state index contributed by atoms with van der Waals surface area (Å²) in [6, 6.07) is 2.82. The number of thiophene rings is 1. The van der Waals surface area contributed by atoms with Crippen LogP contribution in [0, 0.1) is 5.92 Å². The Hall–Kier alpha value is 0.140. The van der Waals surface area contributed by atoms with Crippen LogP contribution in [0.5, 0.6) is 0 Å². The second-order valence-corrected chi connectivity index (χ2v) is 5.78. The smallest absolute Gasteiger partial charge is 0.0302 e. The third kappa shape index (κ3) is 3.71. The molecule has 0 fully saturated rings. The fourth-order valence-electron chi connectivity index (χ4n) is 1.53. The van der Waals surface area contributed by atoms with E-state index in [-0.39, 0.29) is 0 Å². The first kappa shape index (κ1) is 12.2. The van der Waals surface area contributed by atoms with E-state index in [1.54, 1.807) is 11.3 Å². The Morgan fingerprint density at radius 1 is 1.50 bits per heavy atom. The van der Waals surface area contributed by atoms with Crippen molar-refractivity contribution < 1.29 is 0 Å². The number of nitrogens with one attached hydrogen (secondary N) is 1. The van der Waals surface area contributed by atoms with Crippen LogP contribution in [0.4, 0.5) is 0 Å². The Balaban J connectivity index is 2.39. The summed E-state index contributed by atoms with van der Waals surface area (Å²) < 4.78 is 1.19. The average molecular weight is 276 g/mol. The van der Waals surface area contributed by atoms with Crippen LogP contribution in [0.2, 0.25) is 0 Å². The van der Waals surface area contributed by atoms with Gasteiger partial charge < -0.3 is 5.32 Å². The van der Waals surface area contributed by atoms with Gasteiger partial charge in [-0.25, -0.2) is 0 Å². The highest BCUT2D eigenvalue weighted by Crippen LogP contribution is 2.20. The summed E-state index contributed by atoms with van der Waals surface area (Å²) in [4.78, 5) is 1.40. The van der Waals surface area contributed by atoms with Crippen molar-refractivity contribution in [1.82, 2.24) is 5.32 Å². The van der Waals surface area contributed by atoms with Crippen LogP contribution < -0.4 is 5.32 Å². The summed E-state index contributed by atoms with van der Waals surface area (Å²) >= 11 is 5.27. The molecule has 80 valence electrons. The maximum atomic E-state index is 3.59. The van der Waals surface area contributed by atoms with Crippen molar-refractivity contribution in [2.45, 2.75) is 39.8 Å². The molecule has 0 saturated carbocycles. The van der Waals surface area contributed by atoms with Gasteiger partial charge in [0.15, 0.2) is 0 Å². The molecule has 0 saturated heterocycles. The molecule has 0 spiro atoms. The molecule has 0 aliphatic heterocycles. The van der Waals surface area contributed by atoms with E-state index >= 15 is 0 Å². The predicted molar refractivity (Wildman–Crippen MR) is 67.8 cm³/mol. The Labute approximate surface area is 99.0 Å². The Morgan fingerprint density at radius 3 is 2.64 bits per heavy atom. The second-order valence-electron chi connectivity index (χ2n) is 3.87. The summed E-state index contributed by atoms with van der Waals surface area (Å²) in [5.41, 5.74) is 0. The molecule has 1 nitrogen and oxygen atoms in total. The lowest BCUT2D eigenvalue weighted by Crippen LogP contribution is -2.32. The van der Waals surface area contributed by atoms with Crippen molar-refractivity contribution in [2.75, 3.05) is 0 Å². The fourth-order valence-corrected chi connectivity index (χ4v) is 2.93. The Morgan fingerprint density at radius 2 is 2.21 bits per heavy atom. The fraction of sp³-hybridized carbons (Fsp3) is 0.636. The first-order chi connectivity index (χ1) is 6.63. The lowest BCUT2D eigenvalue weighted by atomic mass is 10.0. The van der Waals surface area contributed by atoms with Crippen LogP contribution in [-0.4, -0.2) is 6.04 Å². The lowest BCUT2D eigenvalue weighted by molar-refractivity contribution is 0.389. The van der Waals surface area contributed by atoms with Gasteiger partial charge in [0.05, 0.1) is 0 Å². The summed E-state index contributed by atoms with van der Waals surface area (Å²) in [7, 11) is 0. The van der Waals surface area contributed by atoms with Gasteiger partial charge in [-0.05, 0) is 34.3 Å². The highest BCUT2D eigenvalue weighted by atomic mass is 79.9. The molecule has 1 aromatic heterocycles. The second kappa shape index (κ2) is 5.89. The van der Waals surface area contributed by atoms with Gasteiger partial charge in [0, 0.05) is 27.3 Å². The van der Waals surface area contributed by atoms with Crippen LogP contribution in [0.3, 0.4) is 0 Å². The van der Waals surface area contributed by atoms with Gasteiger partial charge >= 0.3 is 0 Å². The SMILES string of the molecule is CCC(NCc1cc(Br)cs1)C(C)C. The number of hydrogen-bond donors (Lipinski definition) is 1. The van der Waals surface area contributed by atoms with Crippen molar-refractivity contribution in [2.24, 2.45) is 5.92 Å². The summed E-state index contributed by atoms with van der Waals surface area (Å²) in [5.74, 6) is 0.711. The summed E-state index contributed by atoms with van der Waals surface area (Å²) in [6.07, 6.45) is 1.20. The monoisotopic (exact) mass is 275 g/mol. The van der Waals surface area contributed by atoms with Crippen molar-refractivity contribution in [3.05, 3.63) is 20.8 Å². The van der Waals surface area contributed by atoms with Gasteiger partial charge in [0.1, 0.15) is 0 Å². The first-order valence-corrected chi connectivity index (χ1v) is 6.77. The molecule has 0 bridgehead atoms. The van der Waals surface area contributed by atoms with Gasteiger partial charge in [0.25, 0.3) is 0 Å². The van der Waals surface area contributed by atoms with Gasteiger partial charge in [-0.3, -0.25) is 0 Å². The Bertz CT molecular complexity index is 270. The predicted octanol–water partition coefficient (Wildman–Crippen LogP) is 4.03. The molecule has 0 amide bonds. The molecule has 1 atom stereocenters. The molecule has 1 unspecified atom stereocenters. The van der Waals surface area contributed by atoms with E-state index in [1.165, 1.54) is 15.8 Å². The third-order valence-corrected chi connectivity index (χ3v) is 4.10. The molecular formula is C11H18BrNS. The molecule has 0 aliphatic carbocycles. The topological polar surface area (TPSA) is 12.0 Å². The molecule has 3 heteroatoms. The number of rotatable bonds is 5. The van der Waals surface area contributed by atoms with Crippen molar-refractivity contribution in [1.29, 1.82) is 0 Å². The zero-order chi connectivity index (χ0) is 10.6. The minimum absolute atomic E-state index is 0.635. The van der Waals surface area contributed by atoms with Crippen molar-refractivity contribution in [3.8, 4) is 0 Å². The standard InChI is InChI=1S/C11H18BrNS/c1-4-11(8(2)3)13-6-10-5-9(12)7-14-10/h5,7-8,11,13H,4,6H2,1-3H3. The molecule has 1 rings (SSSR count). The molecular weight excluding hydrogens is 258 g/mol. The largest absolute Gasteiger partial charge is 0.309 e. The Kier molecular flexibility index (Phi) is 5.13. The molecule has 0 radical (unpaired) electrons. The van der Waals surface area contributed by atoms with E-state index in [4.69, 9.17) is 0 Å². The van der Waals surface area contributed by atoms with E-state index in [0.717, 1.165) is 6.54 Å². The van der Waals surface area contributed by atoms with Crippen LogP contribution in [0.25, 0.3) is 0 Å².